The smallest absolute Gasteiger partial charge is 0.338 e. The van der Waals surface area contributed by atoms with Crippen LogP contribution in [0, 0.1) is 15.9 Å². The van der Waals surface area contributed by atoms with Gasteiger partial charge in [0.1, 0.15) is 18.2 Å². The second-order valence-corrected chi connectivity index (χ2v) is 11.2. The molecule has 0 radical (unpaired) electrons. The van der Waals surface area contributed by atoms with Crippen molar-refractivity contribution < 1.29 is 23.6 Å². The standard InChI is InChI=1S/C35H26FN3O6S/c1-2-44-34(41)30-31(23-8-4-3-5-9-23)37-35-38(32(30)24-14-16-26(36)17-15-24)33(40)29(46-35)20-25-10-6-7-11-28(25)45-21-22-12-18-27(19-13-22)39(42)43/h3-20,32H,2,21H2,1H3/b29-20+/t32-/m1/s1. The molecule has 1 aliphatic heterocycles. The van der Waals surface area contributed by atoms with Crippen LogP contribution < -0.4 is 19.6 Å². The van der Waals surface area contributed by atoms with Gasteiger partial charge in [0.15, 0.2) is 4.80 Å². The SMILES string of the molecule is CCOC(=O)C1=C(c2ccccc2)N=c2s/c(=C/c3ccccc3OCc3ccc([N+](=O)[O-])cc3)c(=O)n2[C@@H]1c1ccc(F)cc1. The van der Waals surface area contributed by atoms with Crippen molar-refractivity contribution in [2.75, 3.05) is 6.61 Å². The minimum absolute atomic E-state index is 0.0139. The molecule has 1 atom stereocenters. The van der Waals surface area contributed by atoms with Crippen LogP contribution in [0.25, 0.3) is 11.8 Å². The average molecular weight is 636 g/mol. The number of nitro benzene ring substituents is 1. The van der Waals surface area contributed by atoms with Crippen molar-refractivity contribution in [1.82, 2.24) is 4.57 Å². The summed E-state index contributed by atoms with van der Waals surface area (Å²) in [5, 5.41) is 11.0. The molecule has 0 N–H and O–H groups in total. The summed E-state index contributed by atoms with van der Waals surface area (Å²) in [5.74, 6) is -0.580. The van der Waals surface area contributed by atoms with Gasteiger partial charge in [-0.1, -0.05) is 72.0 Å². The van der Waals surface area contributed by atoms with Gasteiger partial charge in [0.25, 0.3) is 11.2 Å². The number of halogens is 1. The summed E-state index contributed by atoms with van der Waals surface area (Å²) in [7, 11) is 0. The highest BCUT2D eigenvalue weighted by atomic mass is 32.1. The van der Waals surface area contributed by atoms with Gasteiger partial charge >= 0.3 is 5.97 Å². The number of hydrogen-bond acceptors (Lipinski definition) is 8. The number of carbonyl (C=O) groups is 1. The molecule has 0 amide bonds. The molecule has 0 aliphatic carbocycles. The van der Waals surface area contributed by atoms with E-state index in [2.05, 4.69) is 0 Å². The number of thiazole rings is 1. The van der Waals surface area contributed by atoms with Crippen LogP contribution in [0.15, 0.2) is 118 Å². The molecule has 0 fully saturated rings. The summed E-state index contributed by atoms with van der Waals surface area (Å²) < 4.78 is 27.3. The molecule has 2 heterocycles. The Bertz CT molecular complexity index is 2140. The van der Waals surface area contributed by atoms with E-state index >= 15 is 0 Å². The minimum Gasteiger partial charge on any atom is -0.488 e. The zero-order valence-corrected chi connectivity index (χ0v) is 25.3. The summed E-state index contributed by atoms with van der Waals surface area (Å²) in [4.78, 5) is 43.4. The third-order valence-corrected chi connectivity index (χ3v) is 8.29. The minimum atomic E-state index is -0.929. The van der Waals surface area contributed by atoms with Crippen LogP contribution in [0.4, 0.5) is 10.1 Å². The van der Waals surface area contributed by atoms with Crippen molar-refractivity contribution in [1.29, 1.82) is 0 Å². The van der Waals surface area contributed by atoms with E-state index in [9.17, 15) is 24.1 Å². The number of para-hydroxylation sites is 1. The molecule has 1 aliphatic rings. The van der Waals surface area contributed by atoms with E-state index in [1.807, 2.05) is 36.4 Å². The third kappa shape index (κ3) is 6.13. The Morgan fingerprint density at radius 1 is 1.00 bits per heavy atom. The lowest BCUT2D eigenvalue weighted by Gasteiger charge is -2.25. The molecule has 1 aromatic heterocycles. The summed E-state index contributed by atoms with van der Waals surface area (Å²) in [6.45, 7) is 1.96. The number of non-ortho nitro benzene ring substituents is 1. The van der Waals surface area contributed by atoms with Gasteiger partial charge in [-0.25, -0.2) is 14.2 Å². The van der Waals surface area contributed by atoms with Crippen molar-refractivity contribution in [2.45, 2.75) is 19.6 Å². The number of nitrogens with zero attached hydrogens (tertiary/aromatic N) is 3. The summed E-state index contributed by atoms with van der Waals surface area (Å²) in [6, 6.07) is 27.2. The molecule has 5 aromatic rings. The fourth-order valence-corrected chi connectivity index (χ4v) is 6.14. The highest BCUT2D eigenvalue weighted by Crippen LogP contribution is 2.35. The molecule has 0 saturated heterocycles. The van der Waals surface area contributed by atoms with E-state index in [0.717, 1.165) is 16.9 Å². The van der Waals surface area contributed by atoms with Crippen LogP contribution >= 0.6 is 11.3 Å². The molecule has 11 heteroatoms. The number of fused-ring (bicyclic) bond motifs is 1. The molecular weight excluding hydrogens is 609 g/mol. The van der Waals surface area contributed by atoms with Crippen molar-refractivity contribution in [2.24, 2.45) is 4.99 Å². The van der Waals surface area contributed by atoms with Gasteiger partial charge in [0.2, 0.25) is 0 Å². The van der Waals surface area contributed by atoms with Gasteiger partial charge in [-0.2, -0.15) is 0 Å². The second kappa shape index (κ2) is 13.1. The summed E-state index contributed by atoms with van der Waals surface area (Å²) in [6.07, 6.45) is 1.70. The van der Waals surface area contributed by atoms with Crippen molar-refractivity contribution >= 4 is 34.8 Å². The second-order valence-electron chi connectivity index (χ2n) is 10.2. The number of nitro groups is 1. The molecule has 0 spiro atoms. The largest absolute Gasteiger partial charge is 0.488 e. The number of hydrogen-bond donors (Lipinski definition) is 0. The predicted octanol–water partition coefficient (Wildman–Crippen LogP) is 5.56. The Balaban J connectivity index is 1.48. The maximum Gasteiger partial charge on any atom is 0.338 e. The topological polar surface area (TPSA) is 113 Å². The lowest BCUT2D eigenvalue weighted by Crippen LogP contribution is -2.40. The van der Waals surface area contributed by atoms with Gasteiger partial charge in [0.05, 0.1) is 33.4 Å². The van der Waals surface area contributed by atoms with Gasteiger partial charge in [-0.15, -0.1) is 0 Å². The van der Waals surface area contributed by atoms with E-state index in [4.69, 9.17) is 14.5 Å². The number of ether oxygens (including phenoxy) is 2. The first-order valence-electron chi connectivity index (χ1n) is 14.3. The summed E-state index contributed by atoms with van der Waals surface area (Å²) in [5.41, 5.74) is 2.68. The van der Waals surface area contributed by atoms with Crippen LogP contribution in [0.5, 0.6) is 5.75 Å². The lowest BCUT2D eigenvalue weighted by molar-refractivity contribution is -0.384. The molecule has 4 aromatic carbocycles. The Hall–Kier alpha value is -5.68. The fourth-order valence-electron chi connectivity index (χ4n) is 5.15. The molecule has 46 heavy (non-hydrogen) atoms. The van der Waals surface area contributed by atoms with Gasteiger partial charge in [0, 0.05) is 23.3 Å². The molecule has 0 unspecified atom stereocenters. The molecule has 6 rings (SSSR count). The summed E-state index contributed by atoms with van der Waals surface area (Å²) >= 11 is 1.16. The Labute approximate surface area is 266 Å². The maximum atomic E-state index is 14.2. The van der Waals surface area contributed by atoms with E-state index < -0.39 is 28.3 Å². The number of rotatable bonds is 9. The zero-order chi connectivity index (χ0) is 32.2. The monoisotopic (exact) mass is 635 g/mol. The third-order valence-electron chi connectivity index (χ3n) is 7.31. The molecule has 9 nitrogen and oxygen atoms in total. The molecular formula is C35H26FN3O6S. The molecule has 230 valence electrons. The van der Waals surface area contributed by atoms with Gasteiger partial charge in [-0.3, -0.25) is 19.5 Å². The number of carbonyl (C=O) groups excluding carboxylic acids is 1. The van der Waals surface area contributed by atoms with Crippen molar-refractivity contribution in [3.63, 3.8) is 0 Å². The van der Waals surface area contributed by atoms with Crippen molar-refractivity contribution in [3.05, 3.63) is 167 Å². The zero-order valence-electron chi connectivity index (χ0n) is 24.5. The highest BCUT2D eigenvalue weighted by Gasteiger charge is 2.35. The van der Waals surface area contributed by atoms with E-state index in [1.165, 1.54) is 28.8 Å². The predicted molar refractivity (Wildman–Crippen MR) is 171 cm³/mol. The fraction of sp³-hybridized carbons (Fsp3) is 0.114. The lowest BCUT2D eigenvalue weighted by atomic mass is 9.93. The highest BCUT2D eigenvalue weighted by molar-refractivity contribution is 7.07. The van der Waals surface area contributed by atoms with Crippen molar-refractivity contribution in [3.8, 4) is 5.75 Å². The van der Waals surface area contributed by atoms with Crippen LogP contribution in [-0.4, -0.2) is 22.1 Å². The van der Waals surface area contributed by atoms with Crippen LogP contribution in [0.2, 0.25) is 0 Å². The first-order chi connectivity index (χ1) is 22.3. The Morgan fingerprint density at radius 2 is 1.70 bits per heavy atom. The Morgan fingerprint density at radius 3 is 2.39 bits per heavy atom. The first-order valence-corrected chi connectivity index (χ1v) is 15.1. The first kappa shape index (κ1) is 30.4. The number of aromatic nitrogens is 1. The van der Waals surface area contributed by atoms with Crippen LogP contribution in [-0.2, 0) is 16.1 Å². The van der Waals surface area contributed by atoms with E-state index in [1.54, 1.807) is 55.5 Å². The molecule has 0 bridgehead atoms. The number of esters is 1. The van der Waals surface area contributed by atoms with E-state index in [-0.39, 0.29) is 24.5 Å². The molecule has 0 saturated carbocycles. The normalized spacial score (nSPS) is 14.4. The van der Waals surface area contributed by atoms with E-state index in [0.29, 0.717) is 37.5 Å². The maximum absolute atomic E-state index is 14.2. The number of benzene rings is 4. The average Bonchev–Trinajstić information content (AvgIpc) is 3.38. The van der Waals surface area contributed by atoms with Crippen LogP contribution in [0.1, 0.15) is 35.2 Å². The van der Waals surface area contributed by atoms with Crippen LogP contribution in [0.3, 0.4) is 0 Å². The van der Waals surface area contributed by atoms with Gasteiger partial charge in [-0.05, 0) is 54.5 Å². The quantitative estimate of drug-likeness (QED) is 0.119. The van der Waals surface area contributed by atoms with Gasteiger partial charge < -0.3 is 9.47 Å². The Kier molecular flexibility index (Phi) is 8.66.